The zero-order chi connectivity index (χ0) is 15.9. The third-order valence-electron chi connectivity index (χ3n) is 3.09. The molecule has 0 aliphatic carbocycles. The van der Waals surface area contributed by atoms with Crippen molar-refractivity contribution in [3.8, 4) is 0 Å². The maximum absolute atomic E-state index is 12.0. The highest BCUT2D eigenvalue weighted by Gasteiger charge is 2.07. The molecule has 0 saturated carbocycles. The fraction of sp³-hybridized carbons (Fsp3) is 0.294. The van der Waals surface area contributed by atoms with E-state index in [9.17, 15) is 4.79 Å². The summed E-state index contributed by atoms with van der Waals surface area (Å²) < 4.78 is 4.91. The molecular formula is C17H21N3O2. The Balaban J connectivity index is 2.09. The molecule has 1 amide bonds. The molecule has 22 heavy (non-hydrogen) atoms. The van der Waals surface area contributed by atoms with Crippen molar-refractivity contribution in [2.24, 2.45) is 0 Å². The van der Waals surface area contributed by atoms with Crippen LogP contribution in [0.15, 0.2) is 36.5 Å². The summed E-state index contributed by atoms with van der Waals surface area (Å²) >= 11 is 0. The van der Waals surface area contributed by atoms with Crippen molar-refractivity contribution in [3.63, 3.8) is 0 Å². The summed E-state index contributed by atoms with van der Waals surface area (Å²) in [5.74, 6) is -0.207. The maximum Gasteiger partial charge on any atom is 0.270 e. The van der Waals surface area contributed by atoms with Gasteiger partial charge in [0, 0.05) is 31.2 Å². The van der Waals surface area contributed by atoms with Crippen LogP contribution in [0.4, 0.5) is 11.4 Å². The second kappa shape index (κ2) is 7.56. The third-order valence-corrected chi connectivity index (χ3v) is 3.09. The van der Waals surface area contributed by atoms with E-state index in [2.05, 4.69) is 47.7 Å². The van der Waals surface area contributed by atoms with Crippen LogP contribution in [0.3, 0.4) is 0 Å². The van der Waals surface area contributed by atoms with E-state index in [4.69, 9.17) is 4.74 Å². The fourth-order valence-corrected chi connectivity index (χ4v) is 2.20. The molecule has 0 fully saturated rings. The quantitative estimate of drug-likeness (QED) is 0.805. The second-order valence-electron chi connectivity index (χ2n) is 5.18. The minimum Gasteiger partial charge on any atom is -0.383 e. The lowest BCUT2D eigenvalue weighted by Gasteiger charge is -2.10. The Morgan fingerprint density at radius 1 is 1.14 bits per heavy atom. The average molecular weight is 299 g/mol. The number of carbonyl (C=O) groups is 1. The summed E-state index contributed by atoms with van der Waals surface area (Å²) in [7, 11) is 1.60. The lowest BCUT2D eigenvalue weighted by atomic mass is 10.1. The normalized spacial score (nSPS) is 10.3. The van der Waals surface area contributed by atoms with E-state index in [1.165, 1.54) is 11.1 Å². The first-order chi connectivity index (χ1) is 10.6. The molecule has 0 spiro atoms. The van der Waals surface area contributed by atoms with Gasteiger partial charge in [0.15, 0.2) is 0 Å². The number of nitrogens with one attached hydrogen (secondary N) is 2. The Kier molecular flexibility index (Phi) is 5.49. The Bertz CT molecular complexity index is 636. The molecule has 2 aromatic rings. The Morgan fingerprint density at radius 2 is 1.86 bits per heavy atom. The SMILES string of the molecule is COCCNC(=O)c1cc(Nc2cc(C)cc(C)c2)ccn1. The lowest BCUT2D eigenvalue weighted by Crippen LogP contribution is -2.27. The molecule has 1 heterocycles. The molecule has 116 valence electrons. The number of aryl methyl sites for hydroxylation is 2. The number of carbonyl (C=O) groups excluding carboxylic acids is 1. The second-order valence-corrected chi connectivity index (χ2v) is 5.18. The van der Waals surface area contributed by atoms with E-state index >= 15 is 0 Å². The molecule has 5 nitrogen and oxygen atoms in total. The van der Waals surface area contributed by atoms with E-state index in [0.29, 0.717) is 18.8 Å². The molecule has 2 rings (SSSR count). The molecule has 0 aliphatic heterocycles. The summed E-state index contributed by atoms with van der Waals surface area (Å²) in [5.41, 5.74) is 4.58. The first-order valence-electron chi connectivity index (χ1n) is 7.17. The molecule has 0 atom stereocenters. The van der Waals surface area contributed by atoms with Crippen LogP contribution in [0, 0.1) is 13.8 Å². The van der Waals surface area contributed by atoms with Crippen molar-refractivity contribution in [1.82, 2.24) is 10.3 Å². The highest BCUT2D eigenvalue weighted by atomic mass is 16.5. The van der Waals surface area contributed by atoms with Crippen LogP contribution in [0.2, 0.25) is 0 Å². The van der Waals surface area contributed by atoms with Gasteiger partial charge in [0.1, 0.15) is 5.69 Å². The largest absolute Gasteiger partial charge is 0.383 e. The lowest BCUT2D eigenvalue weighted by molar-refractivity contribution is 0.0932. The molecule has 1 aromatic carbocycles. The highest BCUT2D eigenvalue weighted by Crippen LogP contribution is 2.19. The van der Waals surface area contributed by atoms with E-state index < -0.39 is 0 Å². The number of ether oxygens (including phenoxy) is 1. The summed E-state index contributed by atoms with van der Waals surface area (Å²) in [5, 5.41) is 6.06. The monoisotopic (exact) mass is 299 g/mol. The summed E-state index contributed by atoms with van der Waals surface area (Å²) in [6.07, 6.45) is 1.62. The van der Waals surface area contributed by atoms with Crippen molar-refractivity contribution in [2.75, 3.05) is 25.6 Å². The zero-order valence-corrected chi connectivity index (χ0v) is 13.1. The van der Waals surface area contributed by atoms with Gasteiger partial charge < -0.3 is 15.4 Å². The molecule has 1 aromatic heterocycles. The van der Waals surface area contributed by atoms with Gasteiger partial charge in [-0.25, -0.2) is 0 Å². The van der Waals surface area contributed by atoms with E-state index in [-0.39, 0.29) is 5.91 Å². The predicted octanol–water partition coefficient (Wildman–Crippen LogP) is 2.82. The number of amides is 1. The summed E-state index contributed by atoms with van der Waals surface area (Å²) in [6, 6.07) is 9.81. The Hall–Kier alpha value is -2.40. The Labute approximate surface area is 130 Å². The molecular weight excluding hydrogens is 278 g/mol. The van der Waals surface area contributed by atoms with Crippen LogP contribution < -0.4 is 10.6 Å². The van der Waals surface area contributed by atoms with Crippen molar-refractivity contribution < 1.29 is 9.53 Å². The zero-order valence-electron chi connectivity index (χ0n) is 13.1. The van der Waals surface area contributed by atoms with Crippen LogP contribution in [0.5, 0.6) is 0 Å². The molecule has 0 bridgehead atoms. The number of benzene rings is 1. The minimum absolute atomic E-state index is 0.207. The number of hydrogen-bond acceptors (Lipinski definition) is 4. The smallest absolute Gasteiger partial charge is 0.270 e. The standard InChI is InChI=1S/C17H21N3O2/c1-12-8-13(2)10-15(9-12)20-14-4-5-18-16(11-14)17(21)19-6-7-22-3/h4-5,8-11H,6-7H2,1-3H3,(H,18,20)(H,19,21). The van der Waals surface area contributed by atoms with Gasteiger partial charge in [0.25, 0.3) is 5.91 Å². The van der Waals surface area contributed by atoms with Crippen LogP contribution in [-0.4, -0.2) is 31.2 Å². The van der Waals surface area contributed by atoms with E-state index in [1.807, 2.05) is 6.07 Å². The Morgan fingerprint density at radius 3 is 2.55 bits per heavy atom. The topological polar surface area (TPSA) is 63.2 Å². The molecule has 5 heteroatoms. The average Bonchev–Trinajstić information content (AvgIpc) is 2.46. The van der Waals surface area contributed by atoms with Gasteiger partial charge in [0.2, 0.25) is 0 Å². The van der Waals surface area contributed by atoms with E-state index in [0.717, 1.165) is 11.4 Å². The van der Waals surface area contributed by atoms with Gasteiger partial charge in [-0.15, -0.1) is 0 Å². The number of aromatic nitrogens is 1. The first-order valence-corrected chi connectivity index (χ1v) is 7.17. The molecule has 0 saturated heterocycles. The number of rotatable bonds is 6. The van der Waals surface area contributed by atoms with Gasteiger partial charge in [-0.05, 0) is 49.2 Å². The number of anilines is 2. The molecule has 0 unspecified atom stereocenters. The molecule has 0 radical (unpaired) electrons. The van der Waals surface area contributed by atoms with Crippen LogP contribution in [-0.2, 0) is 4.74 Å². The maximum atomic E-state index is 12.0. The molecule has 2 N–H and O–H groups in total. The van der Waals surface area contributed by atoms with Gasteiger partial charge >= 0.3 is 0 Å². The number of nitrogens with zero attached hydrogens (tertiary/aromatic N) is 1. The highest BCUT2D eigenvalue weighted by molar-refractivity contribution is 5.93. The van der Waals surface area contributed by atoms with Crippen LogP contribution in [0.25, 0.3) is 0 Å². The van der Waals surface area contributed by atoms with Crippen molar-refractivity contribution in [3.05, 3.63) is 53.3 Å². The predicted molar refractivity (Wildman–Crippen MR) is 87.6 cm³/mol. The van der Waals surface area contributed by atoms with Crippen LogP contribution >= 0.6 is 0 Å². The van der Waals surface area contributed by atoms with Gasteiger partial charge in [-0.1, -0.05) is 6.07 Å². The number of hydrogen-bond donors (Lipinski definition) is 2. The van der Waals surface area contributed by atoms with Crippen molar-refractivity contribution >= 4 is 17.3 Å². The fourth-order valence-electron chi connectivity index (χ4n) is 2.20. The number of pyridine rings is 1. The third kappa shape index (κ3) is 4.56. The summed E-state index contributed by atoms with van der Waals surface area (Å²) in [4.78, 5) is 16.1. The van der Waals surface area contributed by atoms with Crippen LogP contribution in [0.1, 0.15) is 21.6 Å². The van der Waals surface area contributed by atoms with E-state index in [1.54, 1.807) is 19.4 Å². The van der Waals surface area contributed by atoms with Gasteiger partial charge in [-0.3, -0.25) is 9.78 Å². The van der Waals surface area contributed by atoms with Gasteiger partial charge in [0.05, 0.1) is 6.61 Å². The number of methoxy groups -OCH3 is 1. The van der Waals surface area contributed by atoms with Gasteiger partial charge in [-0.2, -0.15) is 0 Å². The van der Waals surface area contributed by atoms with Crippen molar-refractivity contribution in [1.29, 1.82) is 0 Å². The van der Waals surface area contributed by atoms with Crippen molar-refractivity contribution in [2.45, 2.75) is 13.8 Å². The molecule has 0 aliphatic rings. The first kappa shape index (κ1) is 16.0. The minimum atomic E-state index is -0.207. The summed E-state index contributed by atoms with van der Waals surface area (Å²) in [6.45, 7) is 5.05.